The Kier molecular flexibility index (Phi) is 2.78. The van der Waals surface area contributed by atoms with Crippen LogP contribution in [0.5, 0.6) is 0 Å². The Morgan fingerprint density at radius 3 is 2.65 bits per heavy atom. The minimum absolute atomic E-state index is 0.150. The van der Waals surface area contributed by atoms with Crippen molar-refractivity contribution >= 4 is 16.6 Å². The lowest BCUT2D eigenvalue weighted by atomic mass is 9.95. The van der Waals surface area contributed by atoms with Crippen molar-refractivity contribution in [3.63, 3.8) is 0 Å². The zero-order valence-electron chi connectivity index (χ0n) is 12.7. The highest BCUT2D eigenvalue weighted by Gasteiger charge is 2.23. The maximum Gasteiger partial charge on any atom is 0.192 e. The summed E-state index contributed by atoms with van der Waals surface area (Å²) in [7, 11) is 1.99. The first-order valence-corrected chi connectivity index (χ1v) is 7.16. The highest BCUT2D eigenvalue weighted by molar-refractivity contribution is 5.95. The van der Waals surface area contributed by atoms with Gasteiger partial charge in [-0.1, -0.05) is 13.8 Å². The van der Waals surface area contributed by atoms with Crippen LogP contribution in [0.25, 0.3) is 10.9 Å². The van der Waals surface area contributed by atoms with Crippen LogP contribution in [0.2, 0.25) is 0 Å². The van der Waals surface area contributed by atoms with E-state index in [1.165, 1.54) is 5.56 Å². The van der Waals surface area contributed by atoms with Crippen molar-refractivity contribution < 1.29 is 0 Å². The molecule has 2 heterocycles. The molecule has 1 aliphatic heterocycles. The summed E-state index contributed by atoms with van der Waals surface area (Å²) in [6.45, 7) is 8.26. The van der Waals surface area contributed by atoms with E-state index >= 15 is 0 Å². The van der Waals surface area contributed by atoms with Crippen LogP contribution in [0.3, 0.4) is 0 Å². The second-order valence-electron chi connectivity index (χ2n) is 5.78. The third-order valence-electron chi connectivity index (χ3n) is 4.59. The normalized spacial score (nSPS) is 14.8. The maximum atomic E-state index is 12.6. The molecule has 4 nitrogen and oxygen atoms in total. The largest absolute Gasteiger partial charge is 0.289 e. The number of hydrogen-bond acceptors (Lipinski definition) is 3. The molecule has 0 fully saturated rings. The van der Waals surface area contributed by atoms with Gasteiger partial charge in [-0.2, -0.15) is 0 Å². The Labute approximate surface area is 119 Å². The molecule has 1 aliphatic rings. The predicted molar refractivity (Wildman–Crippen MR) is 84.2 cm³/mol. The van der Waals surface area contributed by atoms with E-state index in [-0.39, 0.29) is 5.43 Å². The van der Waals surface area contributed by atoms with Gasteiger partial charge in [0, 0.05) is 18.3 Å². The Morgan fingerprint density at radius 2 is 2.00 bits per heavy atom. The molecule has 0 aliphatic carbocycles. The van der Waals surface area contributed by atoms with Crippen LogP contribution in [0, 0.1) is 13.8 Å². The summed E-state index contributed by atoms with van der Waals surface area (Å²) in [5.74, 6) is 0.458. The van der Waals surface area contributed by atoms with Gasteiger partial charge in [0.25, 0.3) is 0 Å². The number of benzene rings is 1. The Bertz CT molecular complexity index is 761. The summed E-state index contributed by atoms with van der Waals surface area (Å²) >= 11 is 0. The molecule has 3 rings (SSSR count). The van der Waals surface area contributed by atoms with Gasteiger partial charge in [-0.05, 0) is 43.9 Å². The molecule has 20 heavy (non-hydrogen) atoms. The number of nitrogens with one attached hydrogen (secondary N) is 1. The minimum atomic E-state index is 0.150. The molecule has 0 amide bonds. The molecule has 0 saturated carbocycles. The van der Waals surface area contributed by atoms with Gasteiger partial charge in [0.1, 0.15) is 5.52 Å². The molecule has 1 aromatic heterocycles. The van der Waals surface area contributed by atoms with Crippen molar-refractivity contribution in [2.45, 2.75) is 40.0 Å². The average Bonchev–Trinajstić information content (AvgIpc) is 2.79. The van der Waals surface area contributed by atoms with Crippen molar-refractivity contribution in [3.8, 4) is 0 Å². The third kappa shape index (κ3) is 1.57. The summed E-state index contributed by atoms with van der Waals surface area (Å²) in [6.07, 6.45) is 1.07. The summed E-state index contributed by atoms with van der Waals surface area (Å²) in [4.78, 5) is 12.6. The Balaban J connectivity index is 2.45. The summed E-state index contributed by atoms with van der Waals surface area (Å²) in [6, 6.07) is 4.26. The van der Waals surface area contributed by atoms with Gasteiger partial charge in [0.15, 0.2) is 5.43 Å². The van der Waals surface area contributed by atoms with E-state index in [1.807, 2.05) is 30.6 Å². The lowest BCUT2D eigenvalue weighted by Gasteiger charge is -2.15. The number of aromatic nitrogens is 1. The molecular formula is C16H21N3O. The van der Waals surface area contributed by atoms with Crippen LogP contribution in [0.1, 0.15) is 43.0 Å². The van der Waals surface area contributed by atoms with E-state index in [2.05, 4.69) is 31.5 Å². The number of nitrogens with zero attached hydrogens (tertiary/aromatic N) is 2. The van der Waals surface area contributed by atoms with Crippen molar-refractivity contribution in [2.75, 3.05) is 17.6 Å². The van der Waals surface area contributed by atoms with Gasteiger partial charge in [-0.3, -0.25) is 9.80 Å². The summed E-state index contributed by atoms with van der Waals surface area (Å²) in [5, 5.41) is 2.80. The highest BCUT2D eigenvalue weighted by atomic mass is 16.1. The minimum Gasteiger partial charge on any atom is -0.289 e. The zero-order valence-corrected chi connectivity index (χ0v) is 12.7. The van der Waals surface area contributed by atoms with Crippen molar-refractivity contribution in [1.29, 1.82) is 0 Å². The van der Waals surface area contributed by atoms with Gasteiger partial charge < -0.3 is 0 Å². The molecule has 0 radical (unpaired) electrons. The van der Waals surface area contributed by atoms with Crippen LogP contribution in [-0.4, -0.2) is 11.7 Å². The molecule has 0 bridgehead atoms. The molecule has 0 spiro atoms. The second-order valence-corrected chi connectivity index (χ2v) is 5.78. The smallest absolute Gasteiger partial charge is 0.192 e. The van der Waals surface area contributed by atoms with Crippen molar-refractivity contribution in [1.82, 2.24) is 4.68 Å². The quantitative estimate of drug-likeness (QED) is 0.912. The van der Waals surface area contributed by atoms with E-state index in [9.17, 15) is 4.79 Å². The molecule has 106 valence electrons. The standard InChI is InChI=1S/C16H21N3O/c1-6-9(2)12-7-13-15-14(8-12)18(5)17-19(15)11(4)10(3)16(13)20/h7-9,17H,6H2,1-5H3. The van der Waals surface area contributed by atoms with Crippen LogP contribution in [-0.2, 0) is 0 Å². The number of pyridine rings is 1. The molecule has 1 aromatic carbocycles. The lowest BCUT2D eigenvalue weighted by molar-refractivity contribution is 0.734. The SMILES string of the molecule is CCC(C)c1cc2c3c(c1)c(=O)c(C)c(C)n3NN2C. The van der Waals surface area contributed by atoms with E-state index < -0.39 is 0 Å². The molecule has 1 N–H and O–H groups in total. The van der Waals surface area contributed by atoms with E-state index in [4.69, 9.17) is 0 Å². The first kappa shape index (κ1) is 13.0. The van der Waals surface area contributed by atoms with Crippen LogP contribution < -0.4 is 16.0 Å². The number of hydrazine groups is 1. The lowest BCUT2D eigenvalue weighted by Crippen LogP contribution is -2.28. The monoisotopic (exact) mass is 271 g/mol. The van der Waals surface area contributed by atoms with Gasteiger partial charge in [0.05, 0.1) is 11.1 Å². The predicted octanol–water partition coefficient (Wildman–Crippen LogP) is 3.04. The third-order valence-corrected chi connectivity index (χ3v) is 4.59. The molecule has 4 heteroatoms. The summed E-state index contributed by atoms with van der Waals surface area (Å²) < 4.78 is 2.02. The first-order valence-electron chi connectivity index (χ1n) is 7.16. The van der Waals surface area contributed by atoms with Crippen molar-refractivity contribution in [2.24, 2.45) is 0 Å². The molecule has 1 unspecified atom stereocenters. The fourth-order valence-electron chi connectivity index (χ4n) is 2.86. The molecular weight excluding hydrogens is 250 g/mol. The topological polar surface area (TPSA) is 37.3 Å². The van der Waals surface area contributed by atoms with Gasteiger partial charge in [-0.25, -0.2) is 10.2 Å². The Morgan fingerprint density at radius 1 is 1.30 bits per heavy atom. The second kappa shape index (κ2) is 4.27. The van der Waals surface area contributed by atoms with Crippen LogP contribution >= 0.6 is 0 Å². The van der Waals surface area contributed by atoms with Crippen LogP contribution in [0.4, 0.5) is 5.69 Å². The summed E-state index contributed by atoms with van der Waals surface area (Å²) in [5.41, 5.74) is 8.55. The molecule has 2 aromatic rings. The number of hydrogen-bond donors (Lipinski definition) is 1. The van der Waals surface area contributed by atoms with Gasteiger partial charge in [-0.15, -0.1) is 0 Å². The van der Waals surface area contributed by atoms with E-state index in [1.54, 1.807) is 0 Å². The fraction of sp³-hybridized carbons (Fsp3) is 0.438. The van der Waals surface area contributed by atoms with E-state index in [0.29, 0.717) is 5.92 Å². The van der Waals surface area contributed by atoms with Crippen LogP contribution in [0.15, 0.2) is 16.9 Å². The van der Waals surface area contributed by atoms with E-state index in [0.717, 1.165) is 34.3 Å². The zero-order chi connectivity index (χ0) is 14.6. The molecule has 0 saturated heterocycles. The fourth-order valence-corrected chi connectivity index (χ4v) is 2.86. The van der Waals surface area contributed by atoms with Gasteiger partial charge in [0.2, 0.25) is 0 Å². The number of rotatable bonds is 2. The first-order chi connectivity index (χ1) is 9.45. The average molecular weight is 271 g/mol. The highest BCUT2D eigenvalue weighted by Crippen LogP contribution is 2.34. The Hall–Kier alpha value is -1.97. The van der Waals surface area contributed by atoms with Crippen molar-refractivity contribution in [3.05, 3.63) is 39.2 Å². The van der Waals surface area contributed by atoms with Gasteiger partial charge >= 0.3 is 0 Å². The molecule has 1 atom stereocenters. The maximum absolute atomic E-state index is 12.6. The number of anilines is 1.